The second-order valence-corrected chi connectivity index (χ2v) is 5.37. The van der Waals surface area contributed by atoms with Crippen molar-refractivity contribution in [2.75, 3.05) is 0 Å². The van der Waals surface area contributed by atoms with E-state index >= 15 is 0 Å². The van der Waals surface area contributed by atoms with Crippen LogP contribution in [0.3, 0.4) is 0 Å². The maximum absolute atomic E-state index is 11.2. The molecular weight excluding hydrogens is 219 g/mol. The molecule has 92 valence electrons. The summed E-state index contributed by atoms with van der Waals surface area (Å²) in [5.74, 6) is 0. The van der Waals surface area contributed by atoms with Crippen LogP contribution in [0.4, 0.5) is 0 Å². The zero-order valence-corrected chi connectivity index (χ0v) is 10.9. The standard InChI is InChI=1S/C11H17BN2O3/c1-10(2)11(3,4)17-12(16-10)8-6-13-9(15)14(5)7-8/h6-7H,1-5H3. The van der Waals surface area contributed by atoms with Crippen molar-refractivity contribution in [3.63, 3.8) is 0 Å². The lowest BCUT2D eigenvalue weighted by molar-refractivity contribution is 0.00578. The summed E-state index contributed by atoms with van der Waals surface area (Å²) in [6, 6.07) is 0. The predicted molar refractivity (Wildman–Crippen MR) is 65.2 cm³/mol. The van der Waals surface area contributed by atoms with Crippen molar-refractivity contribution in [3.05, 3.63) is 22.9 Å². The number of hydrogen-bond acceptors (Lipinski definition) is 4. The molecule has 1 aromatic heterocycles. The SMILES string of the molecule is Cn1cc(B2OC(C)(C)C(C)(C)O2)cnc1=O. The molecule has 0 atom stereocenters. The van der Waals surface area contributed by atoms with Gasteiger partial charge < -0.3 is 13.9 Å². The molecule has 1 aliphatic rings. The average molecular weight is 236 g/mol. The first-order valence-electron chi connectivity index (χ1n) is 5.61. The zero-order valence-electron chi connectivity index (χ0n) is 10.9. The van der Waals surface area contributed by atoms with Gasteiger partial charge in [0, 0.05) is 24.9 Å². The molecule has 2 heterocycles. The molecule has 0 aliphatic carbocycles. The second kappa shape index (κ2) is 3.68. The van der Waals surface area contributed by atoms with Gasteiger partial charge in [0.2, 0.25) is 0 Å². The van der Waals surface area contributed by atoms with Gasteiger partial charge >= 0.3 is 12.8 Å². The van der Waals surface area contributed by atoms with Crippen LogP contribution in [0, 0.1) is 0 Å². The fourth-order valence-corrected chi connectivity index (χ4v) is 1.63. The van der Waals surface area contributed by atoms with Crippen molar-refractivity contribution in [1.29, 1.82) is 0 Å². The van der Waals surface area contributed by atoms with Crippen LogP contribution in [-0.2, 0) is 16.4 Å². The topological polar surface area (TPSA) is 53.4 Å². The summed E-state index contributed by atoms with van der Waals surface area (Å²) >= 11 is 0. The van der Waals surface area contributed by atoms with E-state index in [9.17, 15) is 4.79 Å². The summed E-state index contributed by atoms with van der Waals surface area (Å²) < 4.78 is 13.2. The first kappa shape index (κ1) is 12.3. The van der Waals surface area contributed by atoms with Crippen LogP contribution < -0.4 is 11.2 Å². The quantitative estimate of drug-likeness (QED) is 0.648. The lowest BCUT2D eigenvalue weighted by Gasteiger charge is -2.32. The molecule has 0 saturated carbocycles. The minimum atomic E-state index is -0.473. The average Bonchev–Trinajstić information content (AvgIpc) is 2.41. The lowest BCUT2D eigenvalue weighted by Crippen LogP contribution is -2.41. The van der Waals surface area contributed by atoms with Crippen LogP contribution in [0.2, 0.25) is 0 Å². The molecule has 0 spiro atoms. The Morgan fingerprint density at radius 1 is 1.24 bits per heavy atom. The van der Waals surface area contributed by atoms with Gasteiger partial charge in [-0.3, -0.25) is 0 Å². The Balaban J connectivity index is 2.32. The van der Waals surface area contributed by atoms with Gasteiger partial charge in [0.05, 0.1) is 11.2 Å². The number of rotatable bonds is 1. The van der Waals surface area contributed by atoms with Gasteiger partial charge in [-0.05, 0) is 27.7 Å². The Bertz CT molecular complexity index is 480. The van der Waals surface area contributed by atoms with E-state index in [4.69, 9.17) is 9.31 Å². The van der Waals surface area contributed by atoms with Crippen LogP contribution in [0.25, 0.3) is 0 Å². The van der Waals surface area contributed by atoms with Gasteiger partial charge in [0.15, 0.2) is 0 Å². The van der Waals surface area contributed by atoms with Crippen molar-refractivity contribution in [2.24, 2.45) is 7.05 Å². The van der Waals surface area contributed by atoms with E-state index in [0.29, 0.717) is 0 Å². The van der Waals surface area contributed by atoms with Crippen molar-refractivity contribution < 1.29 is 9.31 Å². The van der Waals surface area contributed by atoms with Crippen LogP contribution in [0.15, 0.2) is 17.2 Å². The van der Waals surface area contributed by atoms with E-state index in [0.717, 1.165) is 5.46 Å². The lowest BCUT2D eigenvalue weighted by atomic mass is 9.81. The highest BCUT2D eigenvalue weighted by atomic mass is 16.7. The fraction of sp³-hybridized carbons (Fsp3) is 0.636. The molecule has 1 aromatic rings. The minimum Gasteiger partial charge on any atom is -0.399 e. The van der Waals surface area contributed by atoms with Crippen molar-refractivity contribution in [3.8, 4) is 0 Å². The van der Waals surface area contributed by atoms with Gasteiger partial charge in [-0.1, -0.05) is 0 Å². The summed E-state index contributed by atoms with van der Waals surface area (Å²) in [5, 5.41) is 0. The Morgan fingerprint density at radius 3 is 2.24 bits per heavy atom. The van der Waals surface area contributed by atoms with Crippen LogP contribution in [0.1, 0.15) is 27.7 Å². The third-order valence-electron chi connectivity index (χ3n) is 3.49. The Labute approximate surface area is 101 Å². The molecule has 0 N–H and O–H groups in total. The summed E-state index contributed by atoms with van der Waals surface area (Å²) in [5.41, 5.74) is -0.297. The first-order chi connectivity index (χ1) is 7.73. The Kier molecular flexibility index (Phi) is 2.67. The van der Waals surface area contributed by atoms with E-state index in [1.807, 2.05) is 27.7 Å². The molecule has 0 unspecified atom stereocenters. The molecule has 0 amide bonds. The molecule has 1 aliphatic heterocycles. The number of aromatic nitrogens is 2. The summed E-state index contributed by atoms with van der Waals surface area (Å²) in [6.45, 7) is 7.95. The molecule has 6 heteroatoms. The maximum Gasteiger partial charge on any atom is 0.497 e. The highest BCUT2D eigenvalue weighted by Gasteiger charge is 2.51. The van der Waals surface area contributed by atoms with E-state index in [2.05, 4.69) is 4.98 Å². The van der Waals surface area contributed by atoms with Gasteiger partial charge in [0.1, 0.15) is 0 Å². The second-order valence-electron chi connectivity index (χ2n) is 5.37. The number of aryl methyl sites for hydroxylation is 1. The molecule has 0 aromatic carbocycles. The molecule has 1 fully saturated rings. The molecule has 1 saturated heterocycles. The van der Waals surface area contributed by atoms with Crippen molar-refractivity contribution >= 4 is 12.6 Å². The monoisotopic (exact) mass is 236 g/mol. The van der Waals surface area contributed by atoms with Gasteiger partial charge in [-0.2, -0.15) is 0 Å². The molecular formula is C11H17BN2O3. The maximum atomic E-state index is 11.2. The number of hydrogen-bond donors (Lipinski definition) is 0. The van der Waals surface area contributed by atoms with Gasteiger partial charge in [0.25, 0.3) is 0 Å². The first-order valence-corrected chi connectivity index (χ1v) is 5.61. The third kappa shape index (κ3) is 2.02. The Hall–Kier alpha value is -1.14. The third-order valence-corrected chi connectivity index (χ3v) is 3.49. The zero-order chi connectivity index (χ0) is 12.8. The Morgan fingerprint density at radius 2 is 1.76 bits per heavy atom. The fourth-order valence-electron chi connectivity index (χ4n) is 1.63. The van der Waals surface area contributed by atoms with Crippen molar-refractivity contribution in [2.45, 2.75) is 38.9 Å². The predicted octanol–water partition coefficient (Wildman–Crippen LogP) is 0.0795. The van der Waals surface area contributed by atoms with E-state index in [1.165, 1.54) is 10.8 Å². The van der Waals surface area contributed by atoms with Crippen LogP contribution in [0.5, 0.6) is 0 Å². The summed E-state index contributed by atoms with van der Waals surface area (Å²) in [6.07, 6.45) is 3.20. The molecule has 17 heavy (non-hydrogen) atoms. The number of nitrogens with zero attached hydrogens (tertiary/aromatic N) is 2. The van der Waals surface area contributed by atoms with Crippen molar-refractivity contribution in [1.82, 2.24) is 9.55 Å². The highest BCUT2D eigenvalue weighted by Crippen LogP contribution is 2.36. The van der Waals surface area contributed by atoms with Crippen LogP contribution >= 0.6 is 0 Å². The molecule has 5 nitrogen and oxygen atoms in total. The smallest absolute Gasteiger partial charge is 0.399 e. The minimum absolute atomic E-state index is 0.287. The van der Waals surface area contributed by atoms with Gasteiger partial charge in [-0.15, -0.1) is 0 Å². The largest absolute Gasteiger partial charge is 0.497 e. The van der Waals surface area contributed by atoms with E-state index in [1.54, 1.807) is 13.2 Å². The molecule has 0 bridgehead atoms. The molecule has 0 radical (unpaired) electrons. The highest BCUT2D eigenvalue weighted by molar-refractivity contribution is 6.61. The van der Waals surface area contributed by atoms with Crippen LogP contribution in [-0.4, -0.2) is 27.9 Å². The van der Waals surface area contributed by atoms with E-state index in [-0.39, 0.29) is 16.9 Å². The summed E-state index contributed by atoms with van der Waals surface area (Å²) in [7, 11) is 1.18. The summed E-state index contributed by atoms with van der Waals surface area (Å²) in [4.78, 5) is 15.0. The van der Waals surface area contributed by atoms with Gasteiger partial charge in [-0.25, -0.2) is 9.78 Å². The molecule has 2 rings (SSSR count). The normalized spacial score (nSPS) is 21.8. The van der Waals surface area contributed by atoms with E-state index < -0.39 is 7.12 Å².